The molecule has 4 nitrogen and oxygen atoms in total. The molecule has 0 aliphatic carbocycles. The van der Waals surface area contributed by atoms with Gasteiger partial charge in [0.1, 0.15) is 4.60 Å². The third-order valence-electron chi connectivity index (χ3n) is 4.75. The zero-order chi connectivity index (χ0) is 14.1. The number of amides is 1. The molecule has 2 saturated heterocycles. The molecule has 2 atom stereocenters. The molecule has 2 aliphatic heterocycles. The first-order valence-corrected chi connectivity index (χ1v) is 8.05. The number of pyridine rings is 1. The van der Waals surface area contributed by atoms with Gasteiger partial charge in [0.05, 0.1) is 5.56 Å². The summed E-state index contributed by atoms with van der Waals surface area (Å²) in [6, 6.07) is 5.03. The van der Waals surface area contributed by atoms with Crippen molar-refractivity contribution in [3.8, 4) is 0 Å². The van der Waals surface area contributed by atoms with Crippen LogP contribution in [0.1, 0.15) is 36.0 Å². The number of nitrogens with zero attached hydrogens (tertiary/aromatic N) is 2. The molecule has 2 bridgehead atoms. The van der Waals surface area contributed by atoms with Gasteiger partial charge in [-0.25, -0.2) is 4.98 Å². The summed E-state index contributed by atoms with van der Waals surface area (Å²) < 4.78 is 0.612. The first-order valence-electron chi connectivity index (χ1n) is 7.26. The highest BCUT2D eigenvalue weighted by molar-refractivity contribution is 9.10. The smallest absolute Gasteiger partial charge is 0.254 e. The summed E-state index contributed by atoms with van der Waals surface area (Å²) in [6.45, 7) is 0.779. The number of hydrogen-bond acceptors (Lipinski definition) is 3. The van der Waals surface area contributed by atoms with Crippen molar-refractivity contribution in [3.05, 3.63) is 28.5 Å². The fourth-order valence-electron chi connectivity index (χ4n) is 3.58. The number of piperidine rings is 1. The molecule has 3 rings (SSSR count). The molecule has 0 radical (unpaired) electrons. The monoisotopic (exact) mass is 337 g/mol. The van der Waals surface area contributed by atoms with Gasteiger partial charge in [0.2, 0.25) is 0 Å². The van der Waals surface area contributed by atoms with Crippen molar-refractivity contribution in [1.29, 1.82) is 0 Å². The lowest BCUT2D eigenvalue weighted by Crippen LogP contribution is -2.43. The second kappa shape index (κ2) is 5.82. The predicted molar refractivity (Wildman–Crippen MR) is 81.6 cm³/mol. The van der Waals surface area contributed by atoms with E-state index in [-0.39, 0.29) is 5.91 Å². The van der Waals surface area contributed by atoms with Gasteiger partial charge in [-0.15, -0.1) is 0 Å². The first kappa shape index (κ1) is 14.0. The van der Waals surface area contributed by atoms with E-state index in [0.29, 0.717) is 16.1 Å². The lowest BCUT2D eigenvalue weighted by Gasteiger charge is -2.36. The maximum Gasteiger partial charge on any atom is 0.254 e. The van der Waals surface area contributed by atoms with E-state index >= 15 is 0 Å². The van der Waals surface area contributed by atoms with Crippen LogP contribution in [-0.4, -0.2) is 41.5 Å². The van der Waals surface area contributed by atoms with Crippen LogP contribution in [0.5, 0.6) is 0 Å². The maximum atomic E-state index is 12.2. The highest BCUT2D eigenvalue weighted by Gasteiger charge is 2.38. The number of carbonyl (C=O) groups excluding carboxylic acids is 1. The lowest BCUT2D eigenvalue weighted by molar-refractivity contribution is 0.0916. The molecule has 3 heterocycles. The fraction of sp³-hybridized carbons (Fsp3) is 0.600. The molecule has 5 heteroatoms. The van der Waals surface area contributed by atoms with Crippen molar-refractivity contribution in [2.45, 2.75) is 37.8 Å². The minimum Gasteiger partial charge on any atom is -0.352 e. The van der Waals surface area contributed by atoms with Crippen molar-refractivity contribution in [2.24, 2.45) is 5.92 Å². The Morgan fingerprint density at radius 3 is 2.80 bits per heavy atom. The molecule has 0 aromatic carbocycles. The zero-order valence-electron chi connectivity index (χ0n) is 11.7. The van der Waals surface area contributed by atoms with Gasteiger partial charge in [-0.05, 0) is 66.7 Å². The number of halogens is 1. The number of aromatic nitrogens is 1. The molecule has 0 spiro atoms. The Morgan fingerprint density at radius 2 is 2.15 bits per heavy atom. The first-order chi connectivity index (χ1) is 9.65. The van der Waals surface area contributed by atoms with Crippen LogP contribution in [0.15, 0.2) is 22.9 Å². The van der Waals surface area contributed by atoms with Gasteiger partial charge in [0.15, 0.2) is 0 Å². The minimum atomic E-state index is -0.0312. The Bertz CT molecular complexity index is 494. The van der Waals surface area contributed by atoms with Crippen LogP contribution in [0.2, 0.25) is 0 Å². The van der Waals surface area contributed by atoms with E-state index < -0.39 is 0 Å². The van der Waals surface area contributed by atoms with E-state index in [0.717, 1.165) is 18.6 Å². The summed E-state index contributed by atoms with van der Waals surface area (Å²) in [4.78, 5) is 18.8. The molecule has 1 aromatic rings. The molecule has 1 amide bonds. The molecular formula is C15H20BrN3O. The minimum absolute atomic E-state index is 0.0312. The summed E-state index contributed by atoms with van der Waals surface area (Å²) in [5.41, 5.74) is 0.614. The molecule has 20 heavy (non-hydrogen) atoms. The van der Waals surface area contributed by atoms with Gasteiger partial charge in [0.25, 0.3) is 5.91 Å². The predicted octanol–water partition coefficient (Wildman–Crippen LogP) is 2.45. The summed E-state index contributed by atoms with van der Waals surface area (Å²) >= 11 is 3.32. The van der Waals surface area contributed by atoms with Crippen LogP contribution in [0.25, 0.3) is 0 Å². The molecule has 2 unspecified atom stereocenters. The topological polar surface area (TPSA) is 45.2 Å². The Hall–Kier alpha value is -0.940. The van der Waals surface area contributed by atoms with Crippen LogP contribution in [0.3, 0.4) is 0 Å². The normalized spacial score (nSPS) is 29.4. The van der Waals surface area contributed by atoms with Gasteiger partial charge < -0.3 is 10.2 Å². The van der Waals surface area contributed by atoms with Gasteiger partial charge in [-0.2, -0.15) is 0 Å². The quantitative estimate of drug-likeness (QED) is 0.861. The Morgan fingerprint density at radius 1 is 1.45 bits per heavy atom. The standard InChI is InChI=1S/C15H20BrN3O/c1-19-11-4-5-12(19)8-10(7-11)9-18-15(20)13-3-2-6-17-14(13)16/h2-3,6,10-12H,4-5,7-9H2,1H3,(H,18,20). The lowest BCUT2D eigenvalue weighted by atomic mass is 9.91. The van der Waals surface area contributed by atoms with Crippen molar-refractivity contribution in [1.82, 2.24) is 15.2 Å². The van der Waals surface area contributed by atoms with Gasteiger partial charge in [-0.1, -0.05) is 0 Å². The highest BCUT2D eigenvalue weighted by atomic mass is 79.9. The van der Waals surface area contributed by atoms with Crippen LogP contribution >= 0.6 is 15.9 Å². The highest BCUT2D eigenvalue weighted by Crippen LogP contribution is 2.37. The van der Waals surface area contributed by atoms with E-state index in [1.165, 1.54) is 25.7 Å². The molecule has 0 saturated carbocycles. The fourth-order valence-corrected chi connectivity index (χ4v) is 4.01. The number of carbonyl (C=O) groups is 1. The maximum absolute atomic E-state index is 12.2. The largest absolute Gasteiger partial charge is 0.352 e. The molecule has 1 N–H and O–H groups in total. The number of fused-ring (bicyclic) bond motifs is 2. The van der Waals surface area contributed by atoms with Crippen LogP contribution in [-0.2, 0) is 0 Å². The summed E-state index contributed by atoms with van der Waals surface area (Å²) in [5.74, 6) is 0.583. The summed E-state index contributed by atoms with van der Waals surface area (Å²) in [7, 11) is 2.24. The van der Waals surface area contributed by atoms with Crippen molar-refractivity contribution < 1.29 is 4.79 Å². The molecule has 2 fully saturated rings. The number of nitrogens with one attached hydrogen (secondary N) is 1. The van der Waals surface area contributed by atoms with E-state index in [2.05, 4.69) is 38.2 Å². The van der Waals surface area contributed by atoms with Crippen molar-refractivity contribution >= 4 is 21.8 Å². The third-order valence-corrected chi connectivity index (χ3v) is 5.38. The van der Waals surface area contributed by atoms with Crippen LogP contribution in [0.4, 0.5) is 0 Å². The third kappa shape index (κ3) is 2.74. The van der Waals surface area contributed by atoms with Crippen molar-refractivity contribution in [3.63, 3.8) is 0 Å². The number of rotatable bonds is 3. The number of hydrogen-bond donors (Lipinski definition) is 1. The van der Waals surface area contributed by atoms with Gasteiger partial charge in [0, 0.05) is 24.8 Å². The summed E-state index contributed by atoms with van der Waals surface area (Å²) in [5, 5.41) is 3.07. The van der Waals surface area contributed by atoms with Gasteiger partial charge >= 0.3 is 0 Å². The van der Waals surface area contributed by atoms with E-state index in [9.17, 15) is 4.79 Å². The van der Waals surface area contributed by atoms with Crippen molar-refractivity contribution in [2.75, 3.05) is 13.6 Å². The molecule has 108 valence electrons. The van der Waals surface area contributed by atoms with Crippen LogP contribution in [0, 0.1) is 5.92 Å². The molecular weight excluding hydrogens is 318 g/mol. The van der Waals surface area contributed by atoms with E-state index in [1.54, 1.807) is 18.3 Å². The second-order valence-electron chi connectivity index (χ2n) is 5.94. The van der Waals surface area contributed by atoms with Crippen LogP contribution < -0.4 is 5.32 Å². The zero-order valence-corrected chi connectivity index (χ0v) is 13.3. The van der Waals surface area contributed by atoms with Gasteiger partial charge in [-0.3, -0.25) is 4.79 Å². The Kier molecular flexibility index (Phi) is 4.08. The second-order valence-corrected chi connectivity index (χ2v) is 6.69. The molecule has 1 aromatic heterocycles. The average molecular weight is 338 g/mol. The van der Waals surface area contributed by atoms with E-state index in [1.807, 2.05) is 0 Å². The van der Waals surface area contributed by atoms with E-state index in [4.69, 9.17) is 0 Å². The average Bonchev–Trinajstić information content (AvgIpc) is 2.66. The molecule has 2 aliphatic rings. The summed E-state index contributed by atoms with van der Waals surface area (Å²) in [6.07, 6.45) is 6.73. The Labute approximate surface area is 128 Å². The SMILES string of the molecule is CN1C2CCC1CC(CNC(=O)c1cccnc1Br)C2. The Balaban J connectivity index is 1.56.